The lowest BCUT2D eigenvalue weighted by Crippen LogP contribution is -2.51. The highest BCUT2D eigenvalue weighted by Gasteiger charge is 2.22. The number of amides is 2. The zero-order chi connectivity index (χ0) is 16.4. The number of hydrogen-bond acceptors (Lipinski definition) is 4. The van der Waals surface area contributed by atoms with Crippen molar-refractivity contribution >= 4 is 11.8 Å². The Morgan fingerprint density at radius 2 is 1.86 bits per heavy atom. The van der Waals surface area contributed by atoms with Crippen LogP contribution in [0, 0.1) is 5.92 Å². The van der Waals surface area contributed by atoms with Crippen LogP contribution >= 0.6 is 0 Å². The molecule has 0 aromatic heterocycles. The first-order valence-corrected chi connectivity index (χ1v) is 8.28. The molecular weight excluding hydrogens is 282 g/mol. The highest BCUT2D eigenvalue weighted by atomic mass is 16.5. The first kappa shape index (κ1) is 18.9. The molecule has 1 rings (SSSR count). The fourth-order valence-corrected chi connectivity index (χ4v) is 2.43. The van der Waals surface area contributed by atoms with Gasteiger partial charge in [0, 0.05) is 52.9 Å². The van der Waals surface area contributed by atoms with Crippen molar-refractivity contribution in [3.05, 3.63) is 0 Å². The van der Waals surface area contributed by atoms with Crippen LogP contribution in [-0.2, 0) is 14.3 Å². The van der Waals surface area contributed by atoms with Gasteiger partial charge in [-0.2, -0.15) is 0 Å². The number of hydrogen-bond donors (Lipinski definition) is 1. The zero-order valence-corrected chi connectivity index (χ0v) is 14.3. The van der Waals surface area contributed by atoms with Crippen molar-refractivity contribution in [1.29, 1.82) is 0 Å². The summed E-state index contributed by atoms with van der Waals surface area (Å²) >= 11 is 0. The maximum Gasteiger partial charge on any atom is 0.234 e. The predicted octanol–water partition coefficient (Wildman–Crippen LogP) is 0.720. The number of carbonyl (C=O) groups excluding carboxylic acids is 2. The largest absolute Gasteiger partial charge is 0.385 e. The molecule has 1 fully saturated rings. The lowest BCUT2D eigenvalue weighted by atomic mass is 10.1. The van der Waals surface area contributed by atoms with Gasteiger partial charge >= 0.3 is 0 Å². The molecule has 0 bridgehead atoms. The van der Waals surface area contributed by atoms with Crippen LogP contribution in [0.4, 0.5) is 0 Å². The minimum atomic E-state index is 0.0516. The Kier molecular flexibility index (Phi) is 9.08. The molecule has 0 spiro atoms. The van der Waals surface area contributed by atoms with E-state index < -0.39 is 0 Å². The van der Waals surface area contributed by atoms with Gasteiger partial charge in [-0.3, -0.25) is 14.5 Å². The van der Waals surface area contributed by atoms with Gasteiger partial charge in [0.05, 0.1) is 6.54 Å². The summed E-state index contributed by atoms with van der Waals surface area (Å²) in [6.07, 6.45) is 2.42. The molecule has 1 aliphatic rings. The number of ether oxygens (including phenoxy) is 1. The van der Waals surface area contributed by atoms with Gasteiger partial charge in [-0.1, -0.05) is 13.8 Å². The Morgan fingerprint density at radius 1 is 1.18 bits per heavy atom. The van der Waals surface area contributed by atoms with E-state index in [1.54, 1.807) is 7.11 Å². The van der Waals surface area contributed by atoms with E-state index in [-0.39, 0.29) is 11.8 Å². The van der Waals surface area contributed by atoms with E-state index in [9.17, 15) is 9.59 Å². The number of methoxy groups -OCH3 is 1. The van der Waals surface area contributed by atoms with E-state index >= 15 is 0 Å². The Hall–Kier alpha value is -1.14. The molecule has 1 heterocycles. The van der Waals surface area contributed by atoms with Gasteiger partial charge in [-0.25, -0.2) is 0 Å². The summed E-state index contributed by atoms with van der Waals surface area (Å²) in [7, 11) is 1.66. The van der Waals surface area contributed by atoms with E-state index in [0.717, 1.165) is 39.0 Å². The minimum Gasteiger partial charge on any atom is -0.385 e. The zero-order valence-electron chi connectivity index (χ0n) is 14.3. The molecule has 1 aliphatic heterocycles. The third-order valence-corrected chi connectivity index (χ3v) is 3.88. The molecule has 6 heteroatoms. The van der Waals surface area contributed by atoms with E-state index in [1.807, 2.05) is 4.90 Å². The summed E-state index contributed by atoms with van der Waals surface area (Å²) in [6.45, 7) is 9.02. The van der Waals surface area contributed by atoms with Crippen LogP contribution in [0.2, 0.25) is 0 Å². The van der Waals surface area contributed by atoms with Crippen LogP contribution in [0.5, 0.6) is 0 Å². The van der Waals surface area contributed by atoms with Crippen molar-refractivity contribution < 1.29 is 14.3 Å². The second kappa shape index (κ2) is 10.6. The third kappa shape index (κ3) is 7.75. The summed E-state index contributed by atoms with van der Waals surface area (Å²) in [4.78, 5) is 27.9. The number of rotatable bonds is 9. The van der Waals surface area contributed by atoms with Crippen LogP contribution in [0.25, 0.3) is 0 Å². The SMILES string of the molecule is COCCCNC(=O)CN1CCN(C(=O)CCC(C)C)CC1. The van der Waals surface area contributed by atoms with Crippen LogP contribution in [0.3, 0.4) is 0 Å². The smallest absolute Gasteiger partial charge is 0.234 e. The summed E-state index contributed by atoms with van der Waals surface area (Å²) in [6, 6.07) is 0. The molecule has 0 unspecified atom stereocenters. The topological polar surface area (TPSA) is 61.9 Å². The molecule has 0 radical (unpaired) electrons. The molecule has 1 saturated heterocycles. The minimum absolute atomic E-state index is 0.0516. The number of carbonyl (C=O) groups is 2. The Balaban J connectivity index is 2.16. The normalized spacial score (nSPS) is 16.1. The van der Waals surface area contributed by atoms with Gasteiger partial charge in [0.15, 0.2) is 0 Å². The van der Waals surface area contributed by atoms with Crippen LogP contribution in [0.15, 0.2) is 0 Å². The Morgan fingerprint density at radius 3 is 2.45 bits per heavy atom. The lowest BCUT2D eigenvalue weighted by molar-refractivity contribution is -0.133. The molecule has 0 atom stereocenters. The maximum atomic E-state index is 12.1. The fourth-order valence-electron chi connectivity index (χ4n) is 2.43. The Labute approximate surface area is 134 Å². The molecule has 1 N–H and O–H groups in total. The Bertz CT molecular complexity index is 340. The van der Waals surface area contributed by atoms with Gasteiger partial charge in [0.25, 0.3) is 0 Å². The first-order chi connectivity index (χ1) is 10.5. The van der Waals surface area contributed by atoms with Crippen molar-refractivity contribution in [2.45, 2.75) is 33.1 Å². The summed E-state index contributed by atoms with van der Waals surface area (Å²) in [5, 5.41) is 2.89. The number of nitrogens with one attached hydrogen (secondary N) is 1. The second-order valence-electron chi connectivity index (χ2n) is 6.29. The number of piperazine rings is 1. The fraction of sp³-hybridized carbons (Fsp3) is 0.875. The standard InChI is InChI=1S/C16H31N3O3/c1-14(2)5-6-16(21)19-10-8-18(9-11-19)13-15(20)17-7-4-12-22-3/h14H,4-13H2,1-3H3,(H,17,20). The molecule has 0 aliphatic carbocycles. The van der Waals surface area contributed by atoms with E-state index in [0.29, 0.717) is 32.0 Å². The van der Waals surface area contributed by atoms with E-state index in [1.165, 1.54) is 0 Å². The van der Waals surface area contributed by atoms with Crippen LogP contribution in [0.1, 0.15) is 33.1 Å². The predicted molar refractivity (Wildman–Crippen MR) is 86.6 cm³/mol. The molecule has 0 saturated carbocycles. The van der Waals surface area contributed by atoms with Crippen LogP contribution in [-0.4, -0.2) is 74.6 Å². The van der Waals surface area contributed by atoms with Crippen molar-refractivity contribution in [2.75, 3.05) is 53.0 Å². The molecule has 6 nitrogen and oxygen atoms in total. The molecular formula is C16H31N3O3. The van der Waals surface area contributed by atoms with Gasteiger partial charge in [-0.15, -0.1) is 0 Å². The third-order valence-electron chi connectivity index (χ3n) is 3.88. The van der Waals surface area contributed by atoms with Gasteiger partial charge < -0.3 is 15.0 Å². The highest BCUT2D eigenvalue weighted by Crippen LogP contribution is 2.09. The highest BCUT2D eigenvalue weighted by molar-refractivity contribution is 5.78. The number of nitrogens with zero attached hydrogens (tertiary/aromatic N) is 2. The van der Waals surface area contributed by atoms with Crippen LogP contribution < -0.4 is 5.32 Å². The van der Waals surface area contributed by atoms with Crippen molar-refractivity contribution in [3.63, 3.8) is 0 Å². The molecule has 2 amide bonds. The summed E-state index contributed by atoms with van der Waals surface area (Å²) < 4.78 is 4.94. The molecule has 22 heavy (non-hydrogen) atoms. The molecule has 0 aromatic rings. The maximum absolute atomic E-state index is 12.1. The van der Waals surface area contributed by atoms with E-state index in [2.05, 4.69) is 24.1 Å². The van der Waals surface area contributed by atoms with E-state index in [4.69, 9.17) is 4.74 Å². The average molecular weight is 313 g/mol. The lowest BCUT2D eigenvalue weighted by Gasteiger charge is -2.34. The quantitative estimate of drug-likeness (QED) is 0.637. The van der Waals surface area contributed by atoms with Gasteiger partial charge in [0.1, 0.15) is 0 Å². The van der Waals surface area contributed by atoms with Gasteiger partial charge in [-0.05, 0) is 18.8 Å². The average Bonchev–Trinajstić information content (AvgIpc) is 2.50. The first-order valence-electron chi connectivity index (χ1n) is 8.28. The van der Waals surface area contributed by atoms with Crippen molar-refractivity contribution in [2.24, 2.45) is 5.92 Å². The van der Waals surface area contributed by atoms with Gasteiger partial charge in [0.2, 0.25) is 11.8 Å². The van der Waals surface area contributed by atoms with Crippen molar-refractivity contribution in [1.82, 2.24) is 15.1 Å². The summed E-state index contributed by atoms with van der Waals surface area (Å²) in [5.74, 6) is 0.861. The monoisotopic (exact) mass is 313 g/mol. The molecule has 128 valence electrons. The second-order valence-corrected chi connectivity index (χ2v) is 6.29. The van der Waals surface area contributed by atoms with Crippen molar-refractivity contribution in [3.8, 4) is 0 Å². The molecule has 0 aromatic carbocycles. The summed E-state index contributed by atoms with van der Waals surface area (Å²) in [5.41, 5.74) is 0.